The van der Waals surface area contributed by atoms with E-state index in [1.54, 1.807) is 73.1 Å². The molecule has 0 atom stereocenters. The van der Waals surface area contributed by atoms with Crippen molar-refractivity contribution in [3.05, 3.63) is 358 Å². The Labute approximate surface area is 664 Å². The van der Waals surface area contributed by atoms with Crippen molar-refractivity contribution in [2.45, 2.75) is 98.3 Å². The van der Waals surface area contributed by atoms with Gasteiger partial charge in [-0.25, -0.2) is 26.3 Å². The molecule has 0 radical (unpaired) electrons. The molecule has 3 heterocycles. The van der Waals surface area contributed by atoms with Crippen molar-refractivity contribution >= 4 is 92.4 Å². The second-order valence-corrected chi connectivity index (χ2v) is 28.9. The lowest BCUT2D eigenvalue weighted by atomic mass is 9.78. The average Bonchev–Trinajstić information content (AvgIpc) is 1.63. The van der Waals surface area contributed by atoms with Gasteiger partial charge >= 0.3 is 7.12 Å². The van der Waals surface area contributed by atoms with E-state index in [0.29, 0.717) is 34.9 Å². The molecule has 21 heteroatoms. The summed E-state index contributed by atoms with van der Waals surface area (Å²) in [6.07, 6.45) is 3.22. The third-order valence-electron chi connectivity index (χ3n) is 17.6. The Morgan fingerprint density at radius 2 is 0.817 bits per heavy atom. The van der Waals surface area contributed by atoms with Gasteiger partial charge in [-0.1, -0.05) is 127 Å². The number of phenols is 2. The van der Waals surface area contributed by atoms with Crippen molar-refractivity contribution in [2.75, 3.05) is 5.73 Å². The number of pyridine rings is 2. The number of alkyl halides is 1. The van der Waals surface area contributed by atoms with Crippen LogP contribution in [0.2, 0.25) is 0 Å². The summed E-state index contributed by atoms with van der Waals surface area (Å²) in [4.78, 5) is 45.1. The minimum Gasteiger partial charge on any atom is -0.508 e. The van der Waals surface area contributed by atoms with Crippen LogP contribution in [0.3, 0.4) is 0 Å². The van der Waals surface area contributed by atoms with Crippen molar-refractivity contribution in [1.82, 2.24) is 9.97 Å². The molecule has 2 aromatic heterocycles. The number of carbonyl (C=O) groups excluding carboxylic acids is 3. The van der Waals surface area contributed by atoms with E-state index in [-0.39, 0.29) is 25.0 Å². The molecule has 0 spiro atoms. The molecule has 0 saturated carbocycles. The average molecular weight is 1720 g/mol. The van der Waals surface area contributed by atoms with Gasteiger partial charge in [-0.05, 0) is 276 Å². The van der Waals surface area contributed by atoms with E-state index in [9.17, 15) is 45.8 Å². The van der Waals surface area contributed by atoms with Crippen molar-refractivity contribution in [2.24, 2.45) is 0 Å². The van der Waals surface area contributed by atoms with Gasteiger partial charge in [0, 0.05) is 44.5 Å². The summed E-state index contributed by atoms with van der Waals surface area (Å²) in [5, 5.41) is 18.6. The highest BCUT2D eigenvalue weighted by atomic mass is 127. The Balaban J connectivity index is 0.000000177. The number of aryl methyl sites for hydroxylation is 4. The second kappa shape index (κ2) is 39.9. The first kappa shape index (κ1) is 84.6. The SMILES string of the molecule is CC1(C)OB(c2ccc(CC(=O)c3c(F)cccc3F)cc2)OC1(C)C.Cc1ccc(N)cc1I.Cc1ccc(O)cc1-c1ccc(CC(=O)c2c(F)cccc2F)cc1.Cc1ccc(O)cc1I.Cc1ccc(OCc2ccccn2)cc1-c1ccc(CC(=O)c2c(F)cccc2F)cc1.ClCc1ccccn1. The second-order valence-electron chi connectivity index (χ2n) is 26.3. The number of aromatic hydroxyl groups is 2. The Hall–Kier alpha value is -9.98. The Morgan fingerprint density at radius 1 is 0.450 bits per heavy atom. The quantitative estimate of drug-likeness (QED) is 0.0210. The Bertz CT molecular complexity index is 4960. The number of phenolic OH excluding ortho intramolecular Hbond substituents is 2. The standard InChI is InChI=1S/C27H21F2NO2.C21H16F2O2.C20H21BF2O3.C7H8IN.C7H7IO.C6H6ClN/c1-18-8-13-22(32-17-21-5-2-3-14-30-21)16-23(18)20-11-9-19(10-12-20)15-26(31)27-24(28)6-4-7-25(27)29;1-13-5-10-16(24)12-17(13)15-8-6-14(7-9-15)11-20(25)21-18(22)3-2-4-19(21)23;1-19(2)20(3,4)26-21(25-19)14-10-8-13(9-11-14)12-17(24)18-15(22)6-5-7-16(18)23;2*1-5-2-3-6(9)4-7(5)8;7-5-6-3-1-2-4-8-6/h2-14,16H,15,17H2,1H3;2-10,12,24H,11H2,1H3;5-11H,12H2,1-4H3;2-4H,9H2,1H3;2-4,9H,1H3;1-4H,5H2. The van der Waals surface area contributed by atoms with Crippen LogP contribution >= 0.6 is 56.8 Å². The van der Waals surface area contributed by atoms with Gasteiger partial charge in [0.2, 0.25) is 0 Å². The van der Waals surface area contributed by atoms with Gasteiger partial charge in [-0.15, -0.1) is 11.6 Å². The summed E-state index contributed by atoms with van der Waals surface area (Å²) in [6, 6.07) is 65.4. The fourth-order valence-corrected chi connectivity index (χ4v) is 11.9. The van der Waals surface area contributed by atoms with Gasteiger partial charge in [0.1, 0.15) is 58.8 Å². The topological polar surface area (TPSA) is 171 Å². The third-order valence-corrected chi connectivity index (χ3v) is 20.2. The van der Waals surface area contributed by atoms with Gasteiger partial charge in [-0.3, -0.25) is 24.4 Å². The van der Waals surface area contributed by atoms with Crippen LogP contribution in [0.1, 0.15) is 109 Å². The van der Waals surface area contributed by atoms with Crippen LogP contribution in [0.5, 0.6) is 17.2 Å². The Kier molecular flexibility index (Phi) is 31.0. The minimum atomic E-state index is -0.850. The molecule has 0 bridgehead atoms. The van der Waals surface area contributed by atoms with Crippen molar-refractivity contribution in [3.63, 3.8) is 0 Å². The van der Waals surface area contributed by atoms with Crippen molar-refractivity contribution in [3.8, 4) is 39.5 Å². The smallest absolute Gasteiger partial charge is 0.494 e. The van der Waals surface area contributed by atoms with Gasteiger partial charge in [0.05, 0.1) is 45.2 Å². The fraction of sp³-hybridized carbons (Fsp3) is 0.170. The zero-order valence-electron chi connectivity index (χ0n) is 61.0. The summed E-state index contributed by atoms with van der Waals surface area (Å²) in [5.41, 5.74) is 16.9. The summed E-state index contributed by atoms with van der Waals surface area (Å²) >= 11 is 9.92. The van der Waals surface area contributed by atoms with Gasteiger partial charge in [-0.2, -0.15) is 0 Å². The number of nitrogens with zero attached hydrogens (tertiary/aromatic N) is 2. The molecule has 0 amide bonds. The van der Waals surface area contributed by atoms with Crippen LogP contribution in [-0.2, 0) is 41.1 Å². The molecule has 1 aliphatic rings. The van der Waals surface area contributed by atoms with Crippen LogP contribution < -0.4 is 15.9 Å². The van der Waals surface area contributed by atoms with Crippen LogP contribution in [0.4, 0.5) is 32.0 Å². The predicted molar refractivity (Wildman–Crippen MR) is 436 cm³/mol. The maximum atomic E-state index is 13.9. The monoisotopic (exact) mass is 1720 g/mol. The number of nitrogens with two attached hydrogens (primary N) is 1. The molecule has 560 valence electrons. The first-order valence-electron chi connectivity index (χ1n) is 34.3. The normalized spacial score (nSPS) is 12.2. The number of benzene rings is 10. The van der Waals surface area contributed by atoms with Crippen LogP contribution in [0.25, 0.3) is 22.3 Å². The zero-order chi connectivity index (χ0) is 79.1. The number of anilines is 1. The third kappa shape index (κ3) is 24.5. The summed E-state index contributed by atoms with van der Waals surface area (Å²) in [7, 11) is -0.492. The number of hydrogen-bond acceptors (Lipinski definition) is 11. The number of nitrogen functional groups attached to an aromatic ring is 1. The largest absolute Gasteiger partial charge is 0.508 e. The van der Waals surface area contributed by atoms with Gasteiger partial charge in [0.15, 0.2) is 17.3 Å². The molecule has 4 N–H and O–H groups in total. The lowest BCUT2D eigenvalue weighted by molar-refractivity contribution is 0.00578. The molecule has 0 unspecified atom stereocenters. The van der Waals surface area contributed by atoms with Crippen LogP contribution in [-0.4, -0.2) is 55.9 Å². The van der Waals surface area contributed by atoms with E-state index < -0.39 is 87.3 Å². The number of ketones is 3. The molecule has 1 saturated heterocycles. The lowest BCUT2D eigenvalue weighted by Gasteiger charge is -2.32. The van der Waals surface area contributed by atoms with E-state index in [4.69, 9.17) is 36.5 Å². The summed E-state index contributed by atoms with van der Waals surface area (Å²) in [6.45, 7) is 16.3. The number of ether oxygens (including phenoxy) is 1. The van der Waals surface area contributed by atoms with E-state index in [1.165, 1.54) is 32.9 Å². The molecule has 11 nitrogen and oxygen atoms in total. The van der Waals surface area contributed by atoms with Crippen molar-refractivity contribution in [1.29, 1.82) is 0 Å². The first-order valence-corrected chi connectivity index (χ1v) is 37.0. The molecule has 0 aliphatic carbocycles. The highest BCUT2D eigenvalue weighted by molar-refractivity contribution is 14.1. The minimum absolute atomic E-state index is 0.0790. The van der Waals surface area contributed by atoms with E-state index in [2.05, 4.69) is 62.1 Å². The van der Waals surface area contributed by atoms with Gasteiger partial charge in [0.25, 0.3) is 0 Å². The highest BCUT2D eigenvalue weighted by Crippen LogP contribution is 2.37. The highest BCUT2D eigenvalue weighted by Gasteiger charge is 2.51. The lowest BCUT2D eigenvalue weighted by Crippen LogP contribution is -2.41. The van der Waals surface area contributed by atoms with Crippen LogP contribution in [0.15, 0.2) is 249 Å². The molecular formula is C88H79BClF6I2N3O8. The van der Waals surface area contributed by atoms with Crippen LogP contribution in [0, 0.1) is 69.7 Å². The maximum Gasteiger partial charge on any atom is 0.494 e. The molecular weight excluding hydrogens is 1640 g/mol. The van der Waals surface area contributed by atoms with E-state index in [0.717, 1.165) is 102 Å². The summed E-state index contributed by atoms with van der Waals surface area (Å²) < 4.78 is 103. The predicted octanol–water partition coefficient (Wildman–Crippen LogP) is 21.4. The Morgan fingerprint density at radius 3 is 1.18 bits per heavy atom. The molecule has 10 aromatic carbocycles. The van der Waals surface area contributed by atoms with E-state index >= 15 is 0 Å². The number of hydrogen-bond donors (Lipinski definition) is 3. The number of halogens is 9. The first-order chi connectivity index (χ1) is 51.9. The number of carbonyl (C=O) groups is 3. The number of Topliss-reactive ketones (excluding diaryl/α,β-unsaturated/α-hetero) is 3. The van der Waals surface area contributed by atoms with Crippen molar-refractivity contribution < 1.29 is 65.0 Å². The van der Waals surface area contributed by atoms with E-state index in [1.807, 2.05) is 170 Å². The molecule has 12 aromatic rings. The molecule has 13 rings (SSSR count). The maximum absolute atomic E-state index is 13.9. The molecule has 1 aliphatic heterocycles. The fourth-order valence-electron chi connectivity index (χ4n) is 10.7. The molecule has 109 heavy (non-hydrogen) atoms. The molecule has 1 fully saturated rings. The number of rotatable bonds is 16. The van der Waals surface area contributed by atoms with Gasteiger partial charge < -0.3 is 30.0 Å². The number of aromatic nitrogens is 2. The zero-order valence-corrected chi connectivity index (χ0v) is 66.1. The summed E-state index contributed by atoms with van der Waals surface area (Å²) in [5.74, 6) is -5.11.